The van der Waals surface area contributed by atoms with Crippen LogP contribution in [0.1, 0.15) is 56.8 Å². The minimum Gasteiger partial charge on any atom is -0.492 e. The van der Waals surface area contributed by atoms with Crippen LogP contribution in [0.25, 0.3) is 0 Å². The summed E-state index contributed by atoms with van der Waals surface area (Å²) in [5, 5.41) is 0. The van der Waals surface area contributed by atoms with Crippen molar-refractivity contribution in [1.29, 1.82) is 0 Å². The molecule has 1 aromatic rings. The van der Waals surface area contributed by atoms with E-state index in [1.54, 1.807) is 12.1 Å². The molecule has 2 nitrogen and oxygen atoms in total. The highest BCUT2D eigenvalue weighted by molar-refractivity contribution is 5.97. The summed E-state index contributed by atoms with van der Waals surface area (Å²) < 4.78 is 19.3. The molecule has 0 aliphatic rings. The fraction of sp³-hybridized carbons (Fsp3) is 0.562. The molecule has 106 valence electrons. The molecule has 0 aliphatic heterocycles. The van der Waals surface area contributed by atoms with Crippen molar-refractivity contribution in [3.63, 3.8) is 0 Å². The van der Waals surface area contributed by atoms with Gasteiger partial charge in [-0.05, 0) is 31.4 Å². The molecule has 0 N–H and O–H groups in total. The van der Waals surface area contributed by atoms with Gasteiger partial charge in [0.25, 0.3) is 0 Å². The van der Waals surface area contributed by atoms with Gasteiger partial charge < -0.3 is 4.74 Å². The maximum atomic E-state index is 13.6. The van der Waals surface area contributed by atoms with Crippen molar-refractivity contribution in [1.82, 2.24) is 0 Å². The Morgan fingerprint density at radius 2 is 2.11 bits per heavy atom. The lowest BCUT2D eigenvalue weighted by Gasteiger charge is -2.17. The van der Waals surface area contributed by atoms with Crippen LogP contribution in [-0.2, 0) is 0 Å². The Hall–Kier alpha value is -1.38. The maximum Gasteiger partial charge on any atom is 0.166 e. The third kappa shape index (κ3) is 4.66. The molecule has 0 aromatic heterocycles. The molecule has 1 atom stereocenters. The van der Waals surface area contributed by atoms with E-state index < -0.39 is 5.82 Å². The first-order valence-corrected chi connectivity index (χ1v) is 7.02. The minimum atomic E-state index is -0.508. The standard InChI is InChI=1S/C16H23FO2/c1-4-6-8-13(5-2)11-19-15-10-7-9-14(17)16(15)12(3)18/h7,9-10,13H,4-6,8,11H2,1-3H3. The van der Waals surface area contributed by atoms with Gasteiger partial charge in [-0.2, -0.15) is 0 Å². The molecule has 1 rings (SSSR count). The second-order valence-electron chi connectivity index (χ2n) is 4.90. The largest absolute Gasteiger partial charge is 0.492 e. The van der Waals surface area contributed by atoms with E-state index in [4.69, 9.17) is 4.74 Å². The van der Waals surface area contributed by atoms with Gasteiger partial charge in [-0.1, -0.05) is 39.2 Å². The highest BCUT2D eigenvalue weighted by Crippen LogP contribution is 2.23. The Bertz CT molecular complexity index is 415. The van der Waals surface area contributed by atoms with Crippen LogP contribution in [-0.4, -0.2) is 12.4 Å². The summed E-state index contributed by atoms with van der Waals surface area (Å²) in [5.74, 6) is 0.0202. The Kier molecular flexibility index (Phi) is 6.54. The summed E-state index contributed by atoms with van der Waals surface area (Å²) in [5.41, 5.74) is 0.0628. The number of unbranched alkanes of at least 4 members (excludes halogenated alkanes) is 1. The molecular formula is C16H23FO2. The van der Waals surface area contributed by atoms with E-state index in [0.29, 0.717) is 18.3 Å². The van der Waals surface area contributed by atoms with Crippen molar-refractivity contribution in [2.75, 3.05) is 6.61 Å². The first-order chi connectivity index (χ1) is 9.10. The second kappa shape index (κ2) is 7.93. The van der Waals surface area contributed by atoms with Crippen LogP contribution in [0.2, 0.25) is 0 Å². The molecule has 0 heterocycles. The van der Waals surface area contributed by atoms with Gasteiger partial charge in [-0.15, -0.1) is 0 Å². The number of carbonyl (C=O) groups is 1. The predicted molar refractivity (Wildman–Crippen MR) is 75.2 cm³/mol. The number of hydrogen-bond acceptors (Lipinski definition) is 2. The predicted octanol–water partition coefficient (Wildman–Crippen LogP) is 4.62. The van der Waals surface area contributed by atoms with Gasteiger partial charge in [-0.25, -0.2) is 4.39 Å². The average Bonchev–Trinajstić information content (AvgIpc) is 2.38. The topological polar surface area (TPSA) is 26.3 Å². The van der Waals surface area contributed by atoms with Gasteiger partial charge in [0, 0.05) is 0 Å². The van der Waals surface area contributed by atoms with Gasteiger partial charge in [0.15, 0.2) is 5.78 Å². The zero-order valence-corrected chi connectivity index (χ0v) is 12.0. The third-order valence-electron chi connectivity index (χ3n) is 3.35. The molecule has 0 bridgehead atoms. The Morgan fingerprint density at radius 1 is 1.37 bits per heavy atom. The maximum absolute atomic E-state index is 13.6. The molecular weight excluding hydrogens is 243 g/mol. The Morgan fingerprint density at radius 3 is 2.68 bits per heavy atom. The fourth-order valence-electron chi connectivity index (χ4n) is 2.07. The van der Waals surface area contributed by atoms with E-state index >= 15 is 0 Å². The van der Waals surface area contributed by atoms with E-state index in [0.717, 1.165) is 19.3 Å². The number of halogens is 1. The monoisotopic (exact) mass is 266 g/mol. The van der Waals surface area contributed by atoms with Crippen LogP contribution >= 0.6 is 0 Å². The molecule has 0 aliphatic carbocycles. The summed E-state index contributed by atoms with van der Waals surface area (Å²) >= 11 is 0. The summed E-state index contributed by atoms with van der Waals surface area (Å²) in [6.45, 7) is 6.19. The smallest absolute Gasteiger partial charge is 0.166 e. The van der Waals surface area contributed by atoms with E-state index in [1.807, 2.05) is 0 Å². The molecule has 0 saturated carbocycles. The first-order valence-electron chi connectivity index (χ1n) is 7.02. The SMILES string of the molecule is CCCCC(CC)COc1cccc(F)c1C(C)=O. The second-order valence-corrected chi connectivity index (χ2v) is 4.90. The lowest BCUT2D eigenvalue weighted by Crippen LogP contribution is -2.13. The molecule has 1 aromatic carbocycles. The zero-order chi connectivity index (χ0) is 14.3. The summed E-state index contributed by atoms with van der Waals surface area (Å²) in [6, 6.07) is 4.52. The molecule has 0 radical (unpaired) electrons. The van der Waals surface area contributed by atoms with Crippen LogP contribution in [0.3, 0.4) is 0 Å². The molecule has 0 saturated heterocycles. The van der Waals surface area contributed by atoms with Crippen molar-refractivity contribution >= 4 is 5.78 Å². The quantitative estimate of drug-likeness (QED) is 0.641. The molecule has 19 heavy (non-hydrogen) atoms. The van der Waals surface area contributed by atoms with Crippen LogP contribution < -0.4 is 4.74 Å². The lowest BCUT2D eigenvalue weighted by atomic mass is 10.0. The van der Waals surface area contributed by atoms with Crippen molar-refractivity contribution in [2.24, 2.45) is 5.92 Å². The first kappa shape index (κ1) is 15.7. The number of hydrogen-bond donors (Lipinski definition) is 0. The molecule has 3 heteroatoms. The highest BCUT2D eigenvalue weighted by Gasteiger charge is 2.15. The normalized spacial score (nSPS) is 12.2. The van der Waals surface area contributed by atoms with Crippen LogP contribution in [0.5, 0.6) is 5.75 Å². The Labute approximate surface area is 115 Å². The number of rotatable bonds is 8. The van der Waals surface area contributed by atoms with Gasteiger partial charge >= 0.3 is 0 Å². The number of ketones is 1. The van der Waals surface area contributed by atoms with Crippen molar-refractivity contribution in [3.8, 4) is 5.75 Å². The molecule has 0 spiro atoms. The highest BCUT2D eigenvalue weighted by atomic mass is 19.1. The van der Waals surface area contributed by atoms with E-state index in [2.05, 4.69) is 13.8 Å². The average molecular weight is 266 g/mol. The third-order valence-corrected chi connectivity index (χ3v) is 3.35. The van der Waals surface area contributed by atoms with Gasteiger partial charge in [0.1, 0.15) is 11.6 Å². The number of carbonyl (C=O) groups excluding carboxylic acids is 1. The van der Waals surface area contributed by atoms with E-state index in [-0.39, 0.29) is 11.3 Å². The lowest BCUT2D eigenvalue weighted by molar-refractivity contribution is 0.100. The van der Waals surface area contributed by atoms with Gasteiger partial charge in [-0.3, -0.25) is 4.79 Å². The minimum absolute atomic E-state index is 0.0628. The van der Waals surface area contributed by atoms with Crippen molar-refractivity contribution < 1.29 is 13.9 Å². The molecule has 1 unspecified atom stereocenters. The summed E-state index contributed by atoms with van der Waals surface area (Å²) in [6.07, 6.45) is 4.47. The van der Waals surface area contributed by atoms with Crippen molar-refractivity contribution in [2.45, 2.75) is 46.5 Å². The summed E-state index contributed by atoms with van der Waals surface area (Å²) in [4.78, 5) is 11.5. The van der Waals surface area contributed by atoms with Gasteiger partial charge in [0.2, 0.25) is 0 Å². The number of benzene rings is 1. The molecule has 0 fully saturated rings. The Balaban J connectivity index is 2.71. The van der Waals surface area contributed by atoms with Crippen LogP contribution in [0, 0.1) is 11.7 Å². The van der Waals surface area contributed by atoms with Crippen LogP contribution in [0.4, 0.5) is 4.39 Å². The van der Waals surface area contributed by atoms with E-state index in [9.17, 15) is 9.18 Å². The van der Waals surface area contributed by atoms with Gasteiger partial charge in [0.05, 0.1) is 12.2 Å². The summed E-state index contributed by atoms with van der Waals surface area (Å²) in [7, 11) is 0. The number of Topliss-reactive ketones (excluding diaryl/α,β-unsaturated/α-hetero) is 1. The van der Waals surface area contributed by atoms with Crippen molar-refractivity contribution in [3.05, 3.63) is 29.6 Å². The number of ether oxygens (including phenoxy) is 1. The van der Waals surface area contributed by atoms with Crippen LogP contribution in [0.15, 0.2) is 18.2 Å². The zero-order valence-electron chi connectivity index (χ0n) is 12.0. The fourth-order valence-corrected chi connectivity index (χ4v) is 2.07. The molecule has 0 amide bonds. The van der Waals surface area contributed by atoms with E-state index in [1.165, 1.54) is 19.4 Å².